The largest absolute Gasteiger partial charge is 0.375 e. The first-order valence-electron chi connectivity index (χ1n) is 5.49. The molecule has 2 aromatic heterocycles. The van der Waals surface area contributed by atoms with Gasteiger partial charge in [-0.2, -0.15) is 0 Å². The molecule has 0 unspecified atom stereocenters. The maximum atomic E-state index is 5.68. The molecule has 0 aliphatic rings. The Balaban J connectivity index is 2.18. The molecule has 0 spiro atoms. The van der Waals surface area contributed by atoms with Gasteiger partial charge in [-0.15, -0.1) is 11.3 Å². The van der Waals surface area contributed by atoms with E-state index in [4.69, 9.17) is 10.3 Å². The number of rotatable bonds is 2. The van der Waals surface area contributed by atoms with Crippen LogP contribution in [0.25, 0.3) is 22.5 Å². The van der Waals surface area contributed by atoms with E-state index in [2.05, 4.69) is 10.1 Å². The molecule has 18 heavy (non-hydrogen) atoms. The van der Waals surface area contributed by atoms with Crippen LogP contribution in [0.5, 0.6) is 0 Å². The highest BCUT2D eigenvalue weighted by molar-refractivity contribution is 7.13. The summed E-state index contributed by atoms with van der Waals surface area (Å²) in [5.41, 5.74) is 9.22. The first-order valence-corrected chi connectivity index (χ1v) is 6.37. The Hall–Kier alpha value is -2.14. The second kappa shape index (κ2) is 4.27. The Bertz CT molecular complexity index is 673. The summed E-state index contributed by atoms with van der Waals surface area (Å²) in [7, 11) is 0. The van der Waals surface area contributed by atoms with Gasteiger partial charge in [0.15, 0.2) is 5.13 Å². The van der Waals surface area contributed by atoms with Gasteiger partial charge in [0.05, 0.1) is 11.3 Å². The van der Waals surface area contributed by atoms with Crippen molar-refractivity contribution >= 4 is 16.5 Å². The van der Waals surface area contributed by atoms with Crippen molar-refractivity contribution in [3.05, 3.63) is 41.5 Å². The normalized spacial score (nSPS) is 10.7. The van der Waals surface area contributed by atoms with Gasteiger partial charge >= 0.3 is 0 Å². The average molecular weight is 257 g/mol. The van der Waals surface area contributed by atoms with Crippen molar-refractivity contribution in [3.63, 3.8) is 0 Å². The zero-order valence-corrected chi connectivity index (χ0v) is 10.6. The summed E-state index contributed by atoms with van der Waals surface area (Å²) in [5, 5.41) is 6.58. The van der Waals surface area contributed by atoms with E-state index >= 15 is 0 Å². The molecular formula is C13H11N3OS. The second-order valence-electron chi connectivity index (χ2n) is 3.90. The molecule has 3 aromatic rings. The number of thiazole rings is 1. The van der Waals surface area contributed by atoms with Crippen molar-refractivity contribution in [2.75, 3.05) is 5.73 Å². The Morgan fingerprint density at radius 2 is 2.00 bits per heavy atom. The minimum absolute atomic E-state index is 0.546. The number of nitrogen functional groups attached to an aromatic ring is 1. The van der Waals surface area contributed by atoms with Crippen LogP contribution in [0, 0.1) is 6.92 Å². The molecule has 2 heterocycles. The molecule has 0 fully saturated rings. The van der Waals surface area contributed by atoms with Crippen molar-refractivity contribution in [1.82, 2.24) is 10.1 Å². The SMILES string of the molecule is Cc1onc(-c2ccccc2)c1-c1csc(N)n1. The van der Waals surface area contributed by atoms with Gasteiger partial charge in [-0.3, -0.25) is 0 Å². The van der Waals surface area contributed by atoms with E-state index in [1.54, 1.807) is 0 Å². The quantitative estimate of drug-likeness (QED) is 0.764. The fraction of sp³-hybridized carbons (Fsp3) is 0.0769. The Kier molecular flexibility index (Phi) is 2.60. The lowest BCUT2D eigenvalue weighted by atomic mass is 10.0. The minimum Gasteiger partial charge on any atom is -0.375 e. The number of anilines is 1. The van der Waals surface area contributed by atoms with Gasteiger partial charge in [-0.25, -0.2) is 4.98 Å². The lowest BCUT2D eigenvalue weighted by Gasteiger charge is -1.99. The van der Waals surface area contributed by atoms with Gasteiger partial charge in [-0.1, -0.05) is 35.5 Å². The molecule has 0 aliphatic heterocycles. The van der Waals surface area contributed by atoms with Gasteiger partial charge in [-0.05, 0) is 6.92 Å². The predicted molar refractivity (Wildman–Crippen MR) is 72.2 cm³/mol. The fourth-order valence-corrected chi connectivity index (χ4v) is 2.42. The number of aromatic nitrogens is 2. The number of nitrogens with zero attached hydrogens (tertiary/aromatic N) is 2. The van der Waals surface area contributed by atoms with E-state index in [0.29, 0.717) is 5.13 Å². The molecular weight excluding hydrogens is 246 g/mol. The van der Waals surface area contributed by atoms with E-state index < -0.39 is 0 Å². The molecule has 90 valence electrons. The number of benzene rings is 1. The van der Waals surface area contributed by atoms with Crippen LogP contribution in [0.4, 0.5) is 5.13 Å². The average Bonchev–Trinajstić information content (AvgIpc) is 2.96. The van der Waals surface area contributed by atoms with Crippen LogP contribution in [-0.2, 0) is 0 Å². The molecule has 0 bridgehead atoms. The van der Waals surface area contributed by atoms with Crippen molar-refractivity contribution in [1.29, 1.82) is 0 Å². The summed E-state index contributed by atoms with van der Waals surface area (Å²) in [5.74, 6) is 0.749. The van der Waals surface area contributed by atoms with E-state index in [0.717, 1.165) is 28.3 Å². The third-order valence-corrected chi connectivity index (χ3v) is 3.36. The summed E-state index contributed by atoms with van der Waals surface area (Å²) >= 11 is 1.41. The zero-order valence-electron chi connectivity index (χ0n) is 9.75. The number of hydrogen-bond donors (Lipinski definition) is 1. The molecule has 0 radical (unpaired) electrons. The molecule has 5 heteroatoms. The molecule has 0 saturated heterocycles. The van der Waals surface area contributed by atoms with Gasteiger partial charge in [0.25, 0.3) is 0 Å². The lowest BCUT2D eigenvalue weighted by molar-refractivity contribution is 0.400. The second-order valence-corrected chi connectivity index (χ2v) is 4.79. The van der Waals surface area contributed by atoms with Crippen LogP contribution >= 0.6 is 11.3 Å². The number of hydrogen-bond acceptors (Lipinski definition) is 5. The van der Waals surface area contributed by atoms with Crippen molar-refractivity contribution in [2.45, 2.75) is 6.92 Å². The van der Waals surface area contributed by atoms with Crippen LogP contribution in [0.3, 0.4) is 0 Å². The predicted octanol–water partition coefficient (Wildman–Crippen LogP) is 3.36. The van der Waals surface area contributed by atoms with Gasteiger partial charge in [0.2, 0.25) is 0 Å². The fourth-order valence-electron chi connectivity index (χ4n) is 1.87. The minimum atomic E-state index is 0.546. The highest BCUT2D eigenvalue weighted by Crippen LogP contribution is 2.34. The van der Waals surface area contributed by atoms with Crippen molar-refractivity contribution in [3.8, 4) is 22.5 Å². The smallest absolute Gasteiger partial charge is 0.180 e. The molecule has 0 amide bonds. The maximum absolute atomic E-state index is 5.68. The van der Waals surface area contributed by atoms with Crippen molar-refractivity contribution < 1.29 is 4.52 Å². The van der Waals surface area contributed by atoms with Crippen LogP contribution in [-0.4, -0.2) is 10.1 Å². The summed E-state index contributed by atoms with van der Waals surface area (Å²) in [6.07, 6.45) is 0. The first-order chi connectivity index (χ1) is 8.75. The third-order valence-electron chi connectivity index (χ3n) is 2.69. The van der Waals surface area contributed by atoms with E-state index in [1.807, 2.05) is 42.6 Å². The van der Waals surface area contributed by atoms with Crippen LogP contribution < -0.4 is 5.73 Å². The molecule has 1 aromatic carbocycles. The van der Waals surface area contributed by atoms with Crippen LogP contribution in [0.2, 0.25) is 0 Å². The maximum Gasteiger partial charge on any atom is 0.180 e. The summed E-state index contributed by atoms with van der Waals surface area (Å²) in [6.45, 7) is 1.88. The van der Waals surface area contributed by atoms with Gasteiger partial charge in [0.1, 0.15) is 11.5 Å². The monoisotopic (exact) mass is 257 g/mol. The summed E-state index contributed by atoms with van der Waals surface area (Å²) < 4.78 is 5.29. The molecule has 2 N–H and O–H groups in total. The van der Waals surface area contributed by atoms with E-state index in [1.165, 1.54) is 11.3 Å². The van der Waals surface area contributed by atoms with Gasteiger partial charge in [0, 0.05) is 10.9 Å². The number of aryl methyl sites for hydroxylation is 1. The van der Waals surface area contributed by atoms with E-state index in [9.17, 15) is 0 Å². The van der Waals surface area contributed by atoms with E-state index in [-0.39, 0.29) is 0 Å². The molecule has 3 rings (SSSR count). The molecule has 0 aliphatic carbocycles. The Morgan fingerprint density at radius 1 is 1.22 bits per heavy atom. The Labute approximate surface area is 108 Å². The molecule has 0 saturated carbocycles. The summed E-state index contributed by atoms with van der Waals surface area (Å²) in [6, 6.07) is 9.90. The number of nitrogens with two attached hydrogens (primary N) is 1. The zero-order chi connectivity index (χ0) is 12.5. The van der Waals surface area contributed by atoms with Gasteiger partial charge < -0.3 is 10.3 Å². The Morgan fingerprint density at radius 3 is 2.67 bits per heavy atom. The lowest BCUT2D eigenvalue weighted by Crippen LogP contribution is -1.86. The standard InChI is InChI=1S/C13H11N3OS/c1-8-11(10-7-18-13(14)15-10)12(16-17-8)9-5-3-2-4-6-9/h2-7H,1H3,(H2,14,15). The first kappa shape index (κ1) is 11.0. The highest BCUT2D eigenvalue weighted by Gasteiger charge is 2.18. The third kappa shape index (κ3) is 1.78. The summed E-state index contributed by atoms with van der Waals surface area (Å²) in [4.78, 5) is 4.30. The topological polar surface area (TPSA) is 64.9 Å². The van der Waals surface area contributed by atoms with Crippen molar-refractivity contribution in [2.24, 2.45) is 0 Å². The highest BCUT2D eigenvalue weighted by atomic mass is 32.1. The molecule has 0 atom stereocenters. The van der Waals surface area contributed by atoms with Crippen LogP contribution in [0.1, 0.15) is 5.76 Å². The molecule has 4 nitrogen and oxygen atoms in total. The van der Waals surface area contributed by atoms with Crippen LogP contribution in [0.15, 0.2) is 40.2 Å².